The molecule has 0 fully saturated rings. The molecule has 2 aromatic carbocycles. The van der Waals surface area contributed by atoms with Gasteiger partial charge in [0, 0.05) is 11.2 Å². The third kappa shape index (κ3) is 4.84. The molecule has 0 radical (unpaired) electrons. The normalized spacial score (nSPS) is 10.7. The summed E-state index contributed by atoms with van der Waals surface area (Å²) in [7, 11) is 0. The Kier molecular flexibility index (Phi) is 5.76. The summed E-state index contributed by atoms with van der Waals surface area (Å²) in [4.78, 5) is 16.6. The van der Waals surface area contributed by atoms with Gasteiger partial charge in [0.15, 0.2) is 12.4 Å². The first-order valence-corrected chi connectivity index (χ1v) is 9.62. The molecule has 0 saturated carbocycles. The van der Waals surface area contributed by atoms with Crippen LogP contribution in [0.1, 0.15) is 21.6 Å². The molecule has 0 unspecified atom stereocenters. The second-order valence-corrected chi connectivity index (χ2v) is 7.06. The molecule has 2 heterocycles. The number of rotatable bonds is 7. The van der Waals surface area contributed by atoms with Gasteiger partial charge < -0.3 is 4.74 Å². The number of hydrogen-bond acceptors (Lipinski definition) is 5. The Morgan fingerprint density at radius 2 is 1.87 bits per heavy atom. The van der Waals surface area contributed by atoms with E-state index in [1.807, 2.05) is 55.5 Å². The van der Waals surface area contributed by atoms with Crippen molar-refractivity contribution in [1.82, 2.24) is 24.5 Å². The van der Waals surface area contributed by atoms with Crippen LogP contribution in [0.5, 0.6) is 5.75 Å². The van der Waals surface area contributed by atoms with Crippen molar-refractivity contribution in [3.63, 3.8) is 0 Å². The van der Waals surface area contributed by atoms with Gasteiger partial charge in [-0.05, 0) is 42.3 Å². The highest BCUT2D eigenvalue weighted by atomic mass is 35.5. The van der Waals surface area contributed by atoms with Gasteiger partial charge in [0.2, 0.25) is 5.95 Å². The van der Waals surface area contributed by atoms with Crippen molar-refractivity contribution in [2.24, 2.45) is 0 Å². The minimum absolute atomic E-state index is 0.200. The van der Waals surface area contributed by atoms with Crippen molar-refractivity contribution in [3.8, 4) is 5.75 Å². The lowest BCUT2D eigenvalue weighted by Crippen LogP contribution is -2.15. The summed E-state index contributed by atoms with van der Waals surface area (Å²) in [5, 5.41) is 11.8. The topological polar surface area (TPSA) is 86.9 Å². The SMILES string of the molecule is Cc1ccccc1OCn1ccc(C(=O)Nc2ncn(Cc3ccc(Cl)cc3)n2)n1. The van der Waals surface area contributed by atoms with Crippen LogP contribution in [0.2, 0.25) is 5.02 Å². The Bertz CT molecular complexity index is 1150. The van der Waals surface area contributed by atoms with Crippen molar-refractivity contribution in [2.75, 3.05) is 5.32 Å². The average Bonchev–Trinajstić information content (AvgIpc) is 3.39. The average molecular weight is 423 g/mol. The predicted molar refractivity (Wildman–Crippen MR) is 113 cm³/mol. The fraction of sp³-hybridized carbons (Fsp3) is 0.143. The molecule has 9 heteroatoms. The summed E-state index contributed by atoms with van der Waals surface area (Å²) in [6, 6.07) is 16.8. The molecule has 30 heavy (non-hydrogen) atoms. The molecule has 0 aliphatic carbocycles. The van der Waals surface area contributed by atoms with Gasteiger partial charge in [-0.2, -0.15) is 5.10 Å². The summed E-state index contributed by atoms with van der Waals surface area (Å²) < 4.78 is 8.92. The van der Waals surface area contributed by atoms with Crippen molar-refractivity contribution in [1.29, 1.82) is 0 Å². The maximum Gasteiger partial charge on any atom is 0.278 e. The van der Waals surface area contributed by atoms with Crippen LogP contribution in [0, 0.1) is 6.92 Å². The van der Waals surface area contributed by atoms with Crippen LogP contribution in [0.15, 0.2) is 67.1 Å². The number of para-hydroxylation sites is 1. The van der Waals surface area contributed by atoms with E-state index in [4.69, 9.17) is 16.3 Å². The number of nitrogens with zero attached hydrogens (tertiary/aromatic N) is 5. The van der Waals surface area contributed by atoms with Gasteiger partial charge in [0.1, 0.15) is 12.1 Å². The second kappa shape index (κ2) is 8.79. The third-order valence-electron chi connectivity index (χ3n) is 4.34. The van der Waals surface area contributed by atoms with Crippen LogP contribution in [0.25, 0.3) is 0 Å². The van der Waals surface area contributed by atoms with Crippen LogP contribution >= 0.6 is 11.6 Å². The van der Waals surface area contributed by atoms with E-state index in [2.05, 4.69) is 20.5 Å². The number of ether oxygens (including phenoxy) is 1. The molecule has 4 rings (SSSR count). The third-order valence-corrected chi connectivity index (χ3v) is 4.59. The van der Waals surface area contributed by atoms with Gasteiger partial charge in [-0.15, -0.1) is 5.10 Å². The van der Waals surface area contributed by atoms with Crippen molar-refractivity contribution in [3.05, 3.63) is 89.0 Å². The number of anilines is 1. The van der Waals surface area contributed by atoms with E-state index in [-0.39, 0.29) is 18.4 Å². The van der Waals surface area contributed by atoms with Crippen LogP contribution in [-0.4, -0.2) is 30.5 Å². The first-order valence-electron chi connectivity index (χ1n) is 9.24. The van der Waals surface area contributed by atoms with Crippen LogP contribution in [-0.2, 0) is 13.3 Å². The first-order chi connectivity index (χ1) is 14.6. The minimum atomic E-state index is -0.395. The number of carbonyl (C=O) groups excluding carboxylic acids is 1. The summed E-state index contributed by atoms with van der Waals surface area (Å²) in [6.07, 6.45) is 3.23. The molecule has 0 atom stereocenters. The number of aryl methyl sites for hydroxylation is 1. The molecule has 8 nitrogen and oxygen atoms in total. The molecule has 0 spiro atoms. The van der Waals surface area contributed by atoms with Gasteiger partial charge in [-0.3, -0.25) is 10.1 Å². The number of nitrogens with one attached hydrogen (secondary N) is 1. The van der Waals surface area contributed by atoms with Gasteiger partial charge in [0.25, 0.3) is 5.91 Å². The molecule has 0 saturated heterocycles. The second-order valence-electron chi connectivity index (χ2n) is 6.63. The van der Waals surface area contributed by atoms with Gasteiger partial charge >= 0.3 is 0 Å². The van der Waals surface area contributed by atoms with E-state index in [0.717, 1.165) is 16.9 Å². The van der Waals surface area contributed by atoms with E-state index in [0.29, 0.717) is 11.6 Å². The Morgan fingerprint density at radius 3 is 2.67 bits per heavy atom. The highest BCUT2D eigenvalue weighted by Crippen LogP contribution is 2.16. The Balaban J connectivity index is 1.34. The van der Waals surface area contributed by atoms with Crippen molar-refractivity contribution in [2.45, 2.75) is 20.2 Å². The maximum absolute atomic E-state index is 12.4. The number of amides is 1. The molecule has 0 aliphatic rings. The minimum Gasteiger partial charge on any atom is -0.471 e. The fourth-order valence-corrected chi connectivity index (χ4v) is 2.91. The highest BCUT2D eigenvalue weighted by Gasteiger charge is 2.13. The fourth-order valence-electron chi connectivity index (χ4n) is 2.78. The molecule has 1 N–H and O–H groups in total. The lowest BCUT2D eigenvalue weighted by Gasteiger charge is -2.08. The van der Waals surface area contributed by atoms with Crippen molar-refractivity contribution < 1.29 is 9.53 Å². The van der Waals surface area contributed by atoms with Crippen LogP contribution in [0.3, 0.4) is 0 Å². The zero-order valence-corrected chi connectivity index (χ0v) is 17.0. The number of carbonyl (C=O) groups is 1. The monoisotopic (exact) mass is 422 g/mol. The van der Waals surface area contributed by atoms with E-state index >= 15 is 0 Å². The largest absolute Gasteiger partial charge is 0.471 e. The first kappa shape index (κ1) is 19.7. The van der Waals surface area contributed by atoms with E-state index in [1.165, 1.54) is 0 Å². The summed E-state index contributed by atoms with van der Waals surface area (Å²) in [6.45, 7) is 2.69. The zero-order valence-electron chi connectivity index (χ0n) is 16.2. The van der Waals surface area contributed by atoms with E-state index in [9.17, 15) is 4.79 Å². The van der Waals surface area contributed by atoms with Gasteiger partial charge in [0.05, 0.1) is 6.54 Å². The molecular weight excluding hydrogens is 404 g/mol. The van der Waals surface area contributed by atoms with E-state index < -0.39 is 5.91 Å². The predicted octanol–water partition coefficient (Wildman–Crippen LogP) is 3.77. The molecule has 0 aliphatic heterocycles. The number of hydrogen-bond donors (Lipinski definition) is 1. The molecule has 1 amide bonds. The molecule has 0 bridgehead atoms. The van der Waals surface area contributed by atoms with Crippen LogP contribution < -0.4 is 10.1 Å². The number of aromatic nitrogens is 5. The smallest absolute Gasteiger partial charge is 0.278 e. The molecule has 4 aromatic rings. The standard InChI is InChI=1S/C21H19ClN6O2/c1-15-4-2-3-5-19(15)30-14-27-11-10-18(25-27)20(29)24-21-23-13-28(26-21)12-16-6-8-17(22)9-7-16/h2-11,13H,12,14H2,1H3,(H,24,26,29). The molecule has 152 valence electrons. The Labute approximate surface area is 178 Å². The Hall–Kier alpha value is -3.65. The summed E-state index contributed by atoms with van der Waals surface area (Å²) in [5.41, 5.74) is 2.30. The Morgan fingerprint density at radius 1 is 1.07 bits per heavy atom. The molecular formula is C21H19ClN6O2. The lowest BCUT2D eigenvalue weighted by atomic mass is 10.2. The maximum atomic E-state index is 12.4. The summed E-state index contributed by atoms with van der Waals surface area (Å²) >= 11 is 5.90. The van der Waals surface area contributed by atoms with Crippen LogP contribution in [0.4, 0.5) is 5.95 Å². The highest BCUT2D eigenvalue weighted by molar-refractivity contribution is 6.30. The number of benzene rings is 2. The van der Waals surface area contributed by atoms with E-state index in [1.54, 1.807) is 28.0 Å². The quantitative estimate of drug-likeness (QED) is 0.490. The van der Waals surface area contributed by atoms with Gasteiger partial charge in [-0.1, -0.05) is 41.9 Å². The lowest BCUT2D eigenvalue weighted by molar-refractivity contribution is 0.101. The van der Waals surface area contributed by atoms with Gasteiger partial charge in [-0.25, -0.2) is 14.3 Å². The number of halogens is 1. The summed E-state index contributed by atoms with van der Waals surface area (Å²) in [5.74, 6) is 0.586. The van der Waals surface area contributed by atoms with Crippen molar-refractivity contribution >= 4 is 23.5 Å². The molecule has 2 aromatic heterocycles. The zero-order chi connectivity index (χ0) is 20.9.